The van der Waals surface area contributed by atoms with E-state index in [-0.39, 0.29) is 0 Å². The molecule has 6 heteroatoms. The van der Waals surface area contributed by atoms with Gasteiger partial charge in [-0.1, -0.05) is 15.9 Å². The molecule has 0 radical (unpaired) electrons. The molecule has 2 aromatic heterocycles. The maximum absolute atomic E-state index is 5.24. The minimum absolute atomic E-state index is 0.683. The van der Waals surface area contributed by atoms with E-state index in [1.54, 1.807) is 19.5 Å². The fourth-order valence-corrected chi connectivity index (χ4v) is 2.33. The lowest BCUT2D eigenvalue weighted by Crippen LogP contribution is -2.01. The van der Waals surface area contributed by atoms with Crippen molar-refractivity contribution in [3.63, 3.8) is 0 Å². The molecule has 0 spiro atoms. The summed E-state index contributed by atoms with van der Waals surface area (Å²) in [5.74, 6) is 0.841. The maximum Gasteiger partial charge on any atom is 0.155 e. The average Bonchev–Trinajstić information content (AvgIpc) is 2.94. The molecule has 0 bridgehead atoms. The van der Waals surface area contributed by atoms with Crippen LogP contribution in [0.2, 0.25) is 0 Å². The van der Waals surface area contributed by atoms with Crippen molar-refractivity contribution >= 4 is 32.7 Å². The summed E-state index contributed by atoms with van der Waals surface area (Å²) in [6, 6.07) is 7.92. The first-order valence-corrected chi connectivity index (χ1v) is 6.91. The van der Waals surface area contributed by atoms with Crippen LogP contribution >= 0.6 is 15.9 Å². The largest absolute Gasteiger partial charge is 0.497 e. The van der Waals surface area contributed by atoms with Crippen LogP contribution in [-0.4, -0.2) is 22.3 Å². The maximum atomic E-state index is 5.24. The van der Waals surface area contributed by atoms with Crippen molar-refractivity contribution in [3.05, 3.63) is 46.7 Å². The Morgan fingerprint density at radius 3 is 3.05 bits per heavy atom. The summed E-state index contributed by atoms with van der Waals surface area (Å²) < 4.78 is 6.28. The molecule has 0 amide bonds. The van der Waals surface area contributed by atoms with Crippen molar-refractivity contribution in [2.24, 2.45) is 0 Å². The van der Waals surface area contributed by atoms with Gasteiger partial charge in [0.25, 0.3) is 0 Å². The second kappa shape index (κ2) is 5.50. The van der Waals surface area contributed by atoms with Gasteiger partial charge in [-0.2, -0.15) is 5.10 Å². The minimum Gasteiger partial charge on any atom is -0.497 e. The van der Waals surface area contributed by atoms with Crippen LogP contribution < -0.4 is 10.1 Å². The predicted molar refractivity (Wildman–Crippen MR) is 81.9 cm³/mol. The molecule has 0 atom stereocenters. The first-order valence-electron chi connectivity index (χ1n) is 6.11. The minimum atomic E-state index is 0.683. The molecule has 0 aliphatic heterocycles. The highest BCUT2D eigenvalue weighted by molar-refractivity contribution is 9.10. The van der Waals surface area contributed by atoms with Gasteiger partial charge in [0, 0.05) is 16.4 Å². The highest BCUT2D eigenvalue weighted by Crippen LogP contribution is 2.23. The van der Waals surface area contributed by atoms with Crippen molar-refractivity contribution in [1.82, 2.24) is 15.2 Å². The molecule has 102 valence electrons. The number of hydrogen-bond donors (Lipinski definition) is 2. The number of aromatic nitrogens is 3. The smallest absolute Gasteiger partial charge is 0.155 e. The van der Waals surface area contributed by atoms with E-state index < -0.39 is 0 Å². The lowest BCUT2D eigenvalue weighted by atomic mass is 10.2. The Hall–Kier alpha value is -2.08. The first-order chi connectivity index (χ1) is 9.76. The zero-order valence-electron chi connectivity index (χ0n) is 10.9. The number of nitrogens with zero attached hydrogens (tertiary/aromatic N) is 2. The normalized spacial score (nSPS) is 10.7. The first kappa shape index (κ1) is 12.9. The molecular weight excluding hydrogens is 320 g/mol. The van der Waals surface area contributed by atoms with Crippen LogP contribution in [0.15, 0.2) is 41.1 Å². The second-order valence-corrected chi connectivity index (χ2v) is 5.20. The summed E-state index contributed by atoms with van der Waals surface area (Å²) in [4.78, 5) is 4.29. The van der Waals surface area contributed by atoms with E-state index >= 15 is 0 Å². The van der Waals surface area contributed by atoms with Crippen LogP contribution in [0.25, 0.3) is 11.0 Å². The molecule has 3 rings (SSSR count). The molecule has 3 aromatic rings. The third kappa shape index (κ3) is 2.60. The van der Waals surface area contributed by atoms with Gasteiger partial charge in [-0.15, -0.1) is 0 Å². The van der Waals surface area contributed by atoms with E-state index in [1.165, 1.54) is 0 Å². The van der Waals surface area contributed by atoms with Crippen LogP contribution in [0.5, 0.6) is 5.75 Å². The molecule has 1 aromatic carbocycles. The topological polar surface area (TPSA) is 62.8 Å². The van der Waals surface area contributed by atoms with Gasteiger partial charge in [0.05, 0.1) is 25.2 Å². The predicted octanol–water partition coefficient (Wildman–Crippen LogP) is 3.34. The number of methoxy groups -OCH3 is 1. The van der Waals surface area contributed by atoms with Crippen LogP contribution in [0.1, 0.15) is 5.56 Å². The van der Waals surface area contributed by atoms with Gasteiger partial charge in [0.15, 0.2) is 5.65 Å². The zero-order valence-corrected chi connectivity index (χ0v) is 12.4. The number of H-pyrrole nitrogens is 1. The molecular formula is C14H13BrN4O. The molecule has 0 unspecified atom stereocenters. The summed E-state index contributed by atoms with van der Waals surface area (Å²) in [5, 5.41) is 11.1. The quantitative estimate of drug-likeness (QED) is 0.769. The summed E-state index contributed by atoms with van der Waals surface area (Å²) in [6.07, 6.45) is 3.55. The van der Waals surface area contributed by atoms with E-state index in [4.69, 9.17) is 4.74 Å². The summed E-state index contributed by atoms with van der Waals surface area (Å²) in [6.45, 7) is 0.683. The molecule has 2 heterocycles. The number of halogens is 1. The van der Waals surface area contributed by atoms with Crippen molar-refractivity contribution in [1.29, 1.82) is 0 Å². The number of fused-ring (bicyclic) bond motifs is 1. The Morgan fingerprint density at radius 1 is 1.30 bits per heavy atom. The standard InChI is InChI=1S/C14H13BrN4O/c1-20-12-2-3-13(15)9(5-12)6-16-11-4-10-7-18-19-14(10)17-8-11/h2-5,7-8,16H,6H2,1H3,(H,17,18,19). The van der Waals surface area contributed by atoms with Gasteiger partial charge in [-0.25, -0.2) is 4.98 Å². The number of anilines is 1. The molecule has 0 aliphatic carbocycles. The Balaban J connectivity index is 1.78. The molecule has 0 fully saturated rings. The van der Waals surface area contributed by atoms with Crippen LogP contribution in [-0.2, 0) is 6.54 Å². The molecule has 5 nitrogen and oxygen atoms in total. The molecule has 2 N–H and O–H groups in total. The van der Waals surface area contributed by atoms with Crippen LogP contribution in [0, 0.1) is 0 Å². The Labute approximate surface area is 124 Å². The lowest BCUT2D eigenvalue weighted by molar-refractivity contribution is 0.414. The van der Waals surface area contributed by atoms with Crippen LogP contribution in [0.4, 0.5) is 5.69 Å². The summed E-state index contributed by atoms with van der Waals surface area (Å²) in [5.41, 5.74) is 2.86. The average molecular weight is 333 g/mol. The summed E-state index contributed by atoms with van der Waals surface area (Å²) in [7, 11) is 1.66. The Kier molecular flexibility index (Phi) is 3.56. The third-order valence-electron chi connectivity index (χ3n) is 3.03. The van der Waals surface area contributed by atoms with E-state index in [0.717, 1.165) is 32.5 Å². The van der Waals surface area contributed by atoms with E-state index in [2.05, 4.69) is 36.4 Å². The number of ether oxygens (including phenoxy) is 1. The van der Waals surface area contributed by atoms with Crippen molar-refractivity contribution in [3.8, 4) is 5.75 Å². The van der Waals surface area contributed by atoms with Crippen molar-refractivity contribution in [2.75, 3.05) is 12.4 Å². The lowest BCUT2D eigenvalue weighted by Gasteiger charge is -2.09. The van der Waals surface area contributed by atoms with Crippen molar-refractivity contribution < 1.29 is 4.74 Å². The fourth-order valence-electron chi connectivity index (χ4n) is 1.94. The SMILES string of the molecule is COc1ccc(Br)c(CNc2cnc3[nH]ncc3c2)c1. The van der Waals surface area contributed by atoms with Gasteiger partial charge < -0.3 is 10.1 Å². The highest BCUT2D eigenvalue weighted by atomic mass is 79.9. The van der Waals surface area contributed by atoms with E-state index in [9.17, 15) is 0 Å². The second-order valence-electron chi connectivity index (χ2n) is 4.34. The number of rotatable bonds is 4. The van der Waals surface area contributed by atoms with Crippen molar-refractivity contribution in [2.45, 2.75) is 6.54 Å². The fraction of sp³-hybridized carbons (Fsp3) is 0.143. The van der Waals surface area contributed by atoms with Gasteiger partial charge in [0.2, 0.25) is 0 Å². The number of hydrogen-bond acceptors (Lipinski definition) is 4. The van der Waals surface area contributed by atoms with Gasteiger partial charge >= 0.3 is 0 Å². The van der Waals surface area contributed by atoms with Gasteiger partial charge in [-0.05, 0) is 29.8 Å². The zero-order chi connectivity index (χ0) is 13.9. The van der Waals surface area contributed by atoms with Crippen LogP contribution in [0.3, 0.4) is 0 Å². The monoisotopic (exact) mass is 332 g/mol. The Bertz CT molecular complexity index is 741. The summed E-state index contributed by atoms with van der Waals surface area (Å²) >= 11 is 3.54. The Morgan fingerprint density at radius 2 is 2.20 bits per heavy atom. The van der Waals surface area contributed by atoms with Gasteiger partial charge in [-0.3, -0.25) is 5.10 Å². The highest BCUT2D eigenvalue weighted by Gasteiger charge is 2.04. The molecule has 20 heavy (non-hydrogen) atoms. The van der Waals surface area contributed by atoms with E-state index in [1.807, 2.05) is 24.3 Å². The molecule has 0 saturated heterocycles. The number of benzene rings is 1. The number of nitrogens with one attached hydrogen (secondary N) is 2. The molecule has 0 saturated carbocycles. The van der Waals surface area contributed by atoms with Gasteiger partial charge in [0.1, 0.15) is 5.75 Å². The van der Waals surface area contributed by atoms with E-state index in [0.29, 0.717) is 6.54 Å². The number of aromatic amines is 1. The third-order valence-corrected chi connectivity index (χ3v) is 3.80. The molecule has 0 aliphatic rings. The number of pyridine rings is 1.